The summed E-state index contributed by atoms with van der Waals surface area (Å²) in [4.78, 5) is 15.8. The molecule has 1 aromatic heterocycles. The van der Waals surface area contributed by atoms with Crippen LogP contribution in [-0.2, 0) is 6.54 Å². The van der Waals surface area contributed by atoms with Gasteiger partial charge in [-0.05, 0) is 12.5 Å². The van der Waals surface area contributed by atoms with Crippen molar-refractivity contribution in [2.24, 2.45) is 0 Å². The normalized spacial score (nSPS) is 10.6. The van der Waals surface area contributed by atoms with Gasteiger partial charge in [-0.15, -0.1) is 0 Å². The van der Waals surface area contributed by atoms with Gasteiger partial charge in [0, 0.05) is 18.8 Å². The van der Waals surface area contributed by atoms with Crippen LogP contribution in [-0.4, -0.2) is 32.2 Å². The van der Waals surface area contributed by atoms with Crippen LogP contribution in [0.15, 0.2) is 36.5 Å². The Kier molecular flexibility index (Phi) is 5.02. The van der Waals surface area contributed by atoms with Gasteiger partial charge < -0.3 is 24.5 Å². The average molecular weight is 354 g/mol. The van der Waals surface area contributed by atoms with Crippen molar-refractivity contribution in [2.45, 2.75) is 13.5 Å². The van der Waals surface area contributed by atoms with Crippen LogP contribution in [0, 0.1) is 6.92 Å². The Balaban J connectivity index is 1.94. The third-order valence-electron chi connectivity index (χ3n) is 4.29. The number of amides is 1. The van der Waals surface area contributed by atoms with Crippen LogP contribution < -0.4 is 19.5 Å². The first-order valence-electron chi connectivity index (χ1n) is 8.22. The third kappa shape index (κ3) is 3.18. The number of H-pyrrole nitrogens is 1. The molecule has 0 unspecified atom stereocenters. The van der Waals surface area contributed by atoms with Crippen molar-refractivity contribution in [1.82, 2.24) is 10.3 Å². The van der Waals surface area contributed by atoms with Gasteiger partial charge in [0.15, 0.2) is 11.5 Å². The van der Waals surface area contributed by atoms with Crippen molar-refractivity contribution in [1.29, 1.82) is 0 Å². The zero-order valence-corrected chi connectivity index (χ0v) is 15.3. The van der Waals surface area contributed by atoms with Crippen molar-refractivity contribution >= 4 is 16.8 Å². The van der Waals surface area contributed by atoms with E-state index in [1.54, 1.807) is 19.4 Å². The summed E-state index contributed by atoms with van der Waals surface area (Å²) in [5.41, 5.74) is 3.45. The van der Waals surface area contributed by atoms with Gasteiger partial charge in [0.05, 0.1) is 37.8 Å². The lowest BCUT2D eigenvalue weighted by molar-refractivity contribution is 0.0952. The quantitative estimate of drug-likeness (QED) is 0.711. The van der Waals surface area contributed by atoms with E-state index >= 15 is 0 Å². The molecule has 0 atom stereocenters. The van der Waals surface area contributed by atoms with Crippen molar-refractivity contribution in [3.8, 4) is 17.2 Å². The lowest BCUT2D eigenvalue weighted by Crippen LogP contribution is -2.22. The standard InChI is InChI=1S/C20H22N2O4/c1-12-5-7-13(8-6-12)10-22-20(23)14-11-21-15-9-16(24-2)18(25-3)19(26-4)17(14)15/h5-9,11,21H,10H2,1-4H3,(H,22,23). The van der Waals surface area contributed by atoms with Gasteiger partial charge in [0.1, 0.15) is 0 Å². The van der Waals surface area contributed by atoms with E-state index in [1.807, 2.05) is 31.2 Å². The first kappa shape index (κ1) is 17.7. The van der Waals surface area contributed by atoms with Crippen LogP contribution in [0.5, 0.6) is 17.2 Å². The van der Waals surface area contributed by atoms with Crippen LogP contribution >= 0.6 is 0 Å². The van der Waals surface area contributed by atoms with E-state index in [1.165, 1.54) is 19.8 Å². The molecular weight excluding hydrogens is 332 g/mol. The summed E-state index contributed by atoms with van der Waals surface area (Å²) in [5, 5.41) is 3.60. The summed E-state index contributed by atoms with van der Waals surface area (Å²) < 4.78 is 16.3. The van der Waals surface area contributed by atoms with Gasteiger partial charge in [-0.3, -0.25) is 4.79 Å². The number of ether oxygens (including phenoxy) is 3. The molecule has 1 heterocycles. The molecule has 0 bridgehead atoms. The summed E-state index contributed by atoms with van der Waals surface area (Å²) in [6.45, 7) is 2.48. The van der Waals surface area contributed by atoms with E-state index < -0.39 is 0 Å². The number of rotatable bonds is 6. The molecule has 6 nitrogen and oxygen atoms in total. The first-order valence-corrected chi connectivity index (χ1v) is 8.22. The van der Waals surface area contributed by atoms with Gasteiger partial charge in [-0.25, -0.2) is 0 Å². The summed E-state index contributed by atoms with van der Waals surface area (Å²) in [7, 11) is 4.63. The highest BCUT2D eigenvalue weighted by Gasteiger charge is 2.22. The van der Waals surface area contributed by atoms with Crippen LogP contribution in [0.1, 0.15) is 21.5 Å². The summed E-state index contributed by atoms with van der Waals surface area (Å²) in [6.07, 6.45) is 1.66. The number of carbonyl (C=O) groups is 1. The summed E-state index contributed by atoms with van der Waals surface area (Å²) in [6, 6.07) is 9.83. The van der Waals surface area contributed by atoms with Gasteiger partial charge in [-0.1, -0.05) is 29.8 Å². The van der Waals surface area contributed by atoms with E-state index in [-0.39, 0.29) is 5.91 Å². The number of hydrogen-bond donors (Lipinski definition) is 2. The molecule has 0 aliphatic rings. The SMILES string of the molecule is COc1cc2[nH]cc(C(=O)NCc3ccc(C)cc3)c2c(OC)c1OC. The zero-order chi connectivity index (χ0) is 18.7. The topological polar surface area (TPSA) is 72.6 Å². The minimum Gasteiger partial charge on any atom is -0.493 e. The number of nitrogens with one attached hydrogen (secondary N) is 2. The second-order valence-corrected chi connectivity index (χ2v) is 5.94. The fourth-order valence-electron chi connectivity index (χ4n) is 2.92. The number of aryl methyl sites for hydroxylation is 1. The Morgan fingerprint density at radius 2 is 1.73 bits per heavy atom. The Morgan fingerprint density at radius 1 is 1.04 bits per heavy atom. The molecule has 0 aliphatic carbocycles. The molecule has 3 aromatic rings. The van der Waals surface area contributed by atoms with Crippen molar-refractivity contribution in [2.75, 3.05) is 21.3 Å². The maximum absolute atomic E-state index is 12.7. The predicted octanol–water partition coefficient (Wildman–Crippen LogP) is 3.43. The number of benzene rings is 2. The van der Waals surface area contributed by atoms with E-state index in [4.69, 9.17) is 14.2 Å². The van der Waals surface area contributed by atoms with Crippen molar-refractivity contribution in [3.05, 3.63) is 53.2 Å². The number of aromatic nitrogens is 1. The van der Waals surface area contributed by atoms with Crippen LogP contribution in [0.25, 0.3) is 10.9 Å². The van der Waals surface area contributed by atoms with Gasteiger partial charge in [0.25, 0.3) is 5.91 Å². The van der Waals surface area contributed by atoms with Gasteiger partial charge >= 0.3 is 0 Å². The molecule has 136 valence electrons. The highest BCUT2D eigenvalue weighted by Crippen LogP contribution is 2.44. The van der Waals surface area contributed by atoms with Crippen LogP contribution in [0.3, 0.4) is 0 Å². The molecule has 0 spiro atoms. The molecule has 0 aliphatic heterocycles. The largest absolute Gasteiger partial charge is 0.493 e. The van der Waals surface area contributed by atoms with E-state index in [0.717, 1.165) is 11.1 Å². The summed E-state index contributed by atoms with van der Waals surface area (Å²) >= 11 is 0. The average Bonchev–Trinajstić information content (AvgIpc) is 3.09. The maximum atomic E-state index is 12.7. The monoisotopic (exact) mass is 354 g/mol. The van der Waals surface area contributed by atoms with E-state index in [9.17, 15) is 4.79 Å². The van der Waals surface area contributed by atoms with E-state index in [0.29, 0.717) is 34.7 Å². The number of aromatic amines is 1. The smallest absolute Gasteiger partial charge is 0.253 e. The molecule has 0 saturated carbocycles. The number of hydrogen-bond acceptors (Lipinski definition) is 4. The fourth-order valence-corrected chi connectivity index (χ4v) is 2.92. The van der Waals surface area contributed by atoms with Gasteiger partial charge in [-0.2, -0.15) is 0 Å². The Morgan fingerprint density at radius 3 is 2.35 bits per heavy atom. The molecule has 0 fully saturated rings. The Bertz CT molecular complexity index is 929. The number of fused-ring (bicyclic) bond motifs is 1. The molecule has 0 radical (unpaired) electrons. The lowest BCUT2D eigenvalue weighted by Gasteiger charge is -2.14. The molecule has 0 saturated heterocycles. The van der Waals surface area contributed by atoms with Gasteiger partial charge in [0.2, 0.25) is 5.75 Å². The molecule has 2 aromatic carbocycles. The van der Waals surface area contributed by atoms with E-state index in [2.05, 4.69) is 10.3 Å². The zero-order valence-electron chi connectivity index (χ0n) is 15.3. The fraction of sp³-hybridized carbons (Fsp3) is 0.250. The number of carbonyl (C=O) groups excluding carboxylic acids is 1. The highest BCUT2D eigenvalue weighted by molar-refractivity contribution is 6.10. The first-order chi connectivity index (χ1) is 12.6. The highest BCUT2D eigenvalue weighted by atomic mass is 16.5. The summed E-state index contributed by atoms with van der Waals surface area (Å²) in [5.74, 6) is 1.26. The molecule has 1 amide bonds. The Hall–Kier alpha value is -3.15. The van der Waals surface area contributed by atoms with Crippen LogP contribution in [0.2, 0.25) is 0 Å². The predicted molar refractivity (Wildman–Crippen MR) is 100 cm³/mol. The minimum absolute atomic E-state index is 0.192. The molecule has 2 N–H and O–H groups in total. The maximum Gasteiger partial charge on any atom is 0.253 e. The second kappa shape index (κ2) is 7.39. The molecule has 3 rings (SSSR count). The van der Waals surface area contributed by atoms with Crippen molar-refractivity contribution < 1.29 is 19.0 Å². The molecular formula is C20H22N2O4. The number of methoxy groups -OCH3 is 3. The minimum atomic E-state index is -0.192. The lowest BCUT2D eigenvalue weighted by atomic mass is 10.1. The van der Waals surface area contributed by atoms with Crippen LogP contribution in [0.4, 0.5) is 0 Å². The van der Waals surface area contributed by atoms with Crippen molar-refractivity contribution in [3.63, 3.8) is 0 Å². The molecule has 6 heteroatoms. The Labute approximate surface area is 152 Å². The third-order valence-corrected chi connectivity index (χ3v) is 4.29. The molecule has 26 heavy (non-hydrogen) atoms. The second-order valence-electron chi connectivity index (χ2n) is 5.94.